The van der Waals surface area contributed by atoms with E-state index in [0.717, 1.165) is 17.5 Å². The van der Waals surface area contributed by atoms with E-state index in [0.29, 0.717) is 47.0 Å². The Morgan fingerprint density at radius 3 is 2.69 bits per heavy atom. The van der Waals surface area contributed by atoms with Crippen molar-refractivity contribution in [2.75, 3.05) is 24.1 Å². The summed E-state index contributed by atoms with van der Waals surface area (Å²) >= 11 is 0. The van der Waals surface area contributed by atoms with E-state index < -0.39 is 0 Å². The second kappa shape index (κ2) is 9.57. The van der Waals surface area contributed by atoms with Crippen LogP contribution in [0.4, 0.5) is 11.6 Å². The highest BCUT2D eigenvalue weighted by atomic mass is 16.2. The molecule has 1 aliphatic heterocycles. The monoisotopic (exact) mass is 482 g/mol. The topological polar surface area (TPSA) is 132 Å². The van der Waals surface area contributed by atoms with Gasteiger partial charge in [0.05, 0.1) is 11.4 Å². The lowest BCUT2D eigenvalue weighted by atomic mass is 10.1. The summed E-state index contributed by atoms with van der Waals surface area (Å²) in [5.74, 6) is 0.556. The van der Waals surface area contributed by atoms with Gasteiger partial charge in [0.15, 0.2) is 5.65 Å². The molecule has 1 atom stereocenters. The molecule has 10 heteroatoms. The second-order valence-corrected chi connectivity index (χ2v) is 8.73. The van der Waals surface area contributed by atoms with Gasteiger partial charge >= 0.3 is 0 Å². The summed E-state index contributed by atoms with van der Waals surface area (Å²) < 4.78 is 1.84. The van der Waals surface area contributed by atoms with Gasteiger partial charge in [-0.1, -0.05) is 18.2 Å². The molecule has 4 aromatic rings. The number of likely N-dealkylation sites (tertiary alicyclic amines) is 1. The van der Waals surface area contributed by atoms with Crippen LogP contribution in [0.25, 0.3) is 22.3 Å². The zero-order valence-corrected chi connectivity index (χ0v) is 20.0. The Morgan fingerprint density at radius 1 is 1.14 bits per heavy atom. The summed E-state index contributed by atoms with van der Waals surface area (Å²) in [6, 6.07) is 10.8. The Morgan fingerprint density at radius 2 is 1.94 bits per heavy atom. The first kappa shape index (κ1) is 23.2. The van der Waals surface area contributed by atoms with Crippen LogP contribution in [0.3, 0.4) is 0 Å². The number of nitrogen functional groups attached to an aromatic ring is 1. The van der Waals surface area contributed by atoms with Crippen molar-refractivity contribution in [1.82, 2.24) is 29.6 Å². The van der Waals surface area contributed by atoms with Crippen molar-refractivity contribution in [2.45, 2.75) is 26.3 Å². The number of rotatable bonds is 5. The van der Waals surface area contributed by atoms with Crippen LogP contribution in [0.2, 0.25) is 0 Å². The van der Waals surface area contributed by atoms with Gasteiger partial charge in [0.2, 0.25) is 5.91 Å². The quantitative estimate of drug-likeness (QED) is 0.417. The lowest BCUT2D eigenvalue weighted by molar-refractivity contribution is -0.125. The molecule has 1 aliphatic rings. The Kier molecular flexibility index (Phi) is 6.16. The fourth-order valence-electron chi connectivity index (χ4n) is 4.41. The third-order valence-electron chi connectivity index (χ3n) is 6.23. The van der Waals surface area contributed by atoms with E-state index in [1.54, 1.807) is 35.4 Å². The average molecular weight is 483 g/mol. The van der Waals surface area contributed by atoms with Crippen molar-refractivity contribution >= 4 is 34.5 Å². The number of nitrogens with two attached hydrogens (primary N) is 1. The molecule has 0 bridgehead atoms. The summed E-state index contributed by atoms with van der Waals surface area (Å²) in [4.78, 5) is 39.6. The molecule has 0 radical (unpaired) electrons. The zero-order chi connectivity index (χ0) is 25.2. The van der Waals surface area contributed by atoms with Gasteiger partial charge in [-0.2, -0.15) is 5.10 Å². The standard InChI is InChI=1S/C26H26N8O2/c1-3-4-21(35)33-12-10-19(14-33)34-25-22(24(27)29-15-30-25)23(32-34)17-5-7-18(8-6-17)26(36)31-20-13-16(2)9-11-28-20/h3-9,11,13,15,19H,10,12,14H2,1-2H3,(H2,27,29,30)(H,28,31,36)/t19-/m1/s1. The third-order valence-corrected chi connectivity index (χ3v) is 6.23. The molecule has 0 unspecified atom stereocenters. The van der Waals surface area contributed by atoms with E-state index in [9.17, 15) is 9.59 Å². The summed E-state index contributed by atoms with van der Waals surface area (Å²) in [6.07, 6.45) is 7.15. The van der Waals surface area contributed by atoms with E-state index in [-0.39, 0.29) is 17.9 Å². The fourth-order valence-corrected chi connectivity index (χ4v) is 4.41. The number of pyridine rings is 1. The van der Waals surface area contributed by atoms with E-state index in [1.807, 2.05) is 42.8 Å². The van der Waals surface area contributed by atoms with Crippen LogP contribution in [0.5, 0.6) is 0 Å². The van der Waals surface area contributed by atoms with Gasteiger partial charge in [-0.3, -0.25) is 9.59 Å². The number of allylic oxidation sites excluding steroid dienone is 1. The van der Waals surface area contributed by atoms with Gasteiger partial charge in [0.1, 0.15) is 23.7 Å². The molecule has 182 valence electrons. The highest BCUT2D eigenvalue weighted by Gasteiger charge is 2.30. The summed E-state index contributed by atoms with van der Waals surface area (Å²) in [7, 11) is 0. The predicted octanol–water partition coefficient (Wildman–Crippen LogP) is 3.38. The molecule has 36 heavy (non-hydrogen) atoms. The first-order valence-electron chi connectivity index (χ1n) is 11.7. The van der Waals surface area contributed by atoms with Crippen molar-refractivity contribution in [1.29, 1.82) is 0 Å². The number of hydrogen-bond donors (Lipinski definition) is 2. The van der Waals surface area contributed by atoms with Gasteiger partial charge < -0.3 is 16.0 Å². The lowest BCUT2D eigenvalue weighted by Crippen LogP contribution is -2.27. The van der Waals surface area contributed by atoms with Gasteiger partial charge in [0, 0.05) is 30.4 Å². The number of anilines is 2. The van der Waals surface area contributed by atoms with Crippen molar-refractivity contribution in [3.63, 3.8) is 0 Å². The maximum absolute atomic E-state index is 12.7. The van der Waals surface area contributed by atoms with E-state index in [2.05, 4.69) is 20.3 Å². The zero-order valence-electron chi connectivity index (χ0n) is 20.0. The molecule has 2 amide bonds. The van der Waals surface area contributed by atoms with Gasteiger partial charge in [-0.15, -0.1) is 0 Å². The van der Waals surface area contributed by atoms with Crippen LogP contribution in [0.1, 0.15) is 35.3 Å². The van der Waals surface area contributed by atoms with Crippen LogP contribution >= 0.6 is 0 Å². The van der Waals surface area contributed by atoms with Crippen molar-refractivity contribution in [3.8, 4) is 11.3 Å². The molecule has 0 spiro atoms. The molecule has 4 heterocycles. The van der Waals surface area contributed by atoms with E-state index in [4.69, 9.17) is 10.8 Å². The van der Waals surface area contributed by atoms with Gasteiger partial charge in [-0.05, 0) is 56.2 Å². The number of amides is 2. The molecule has 5 rings (SSSR count). The Hall–Kier alpha value is -4.60. The Balaban J connectivity index is 1.44. The minimum atomic E-state index is -0.255. The summed E-state index contributed by atoms with van der Waals surface area (Å²) in [5, 5.41) is 8.33. The Bertz CT molecular complexity index is 1480. The fraction of sp³-hybridized carbons (Fsp3) is 0.231. The average Bonchev–Trinajstić information content (AvgIpc) is 3.50. The largest absolute Gasteiger partial charge is 0.383 e. The molecule has 1 saturated heterocycles. The number of benzene rings is 1. The third kappa shape index (κ3) is 4.40. The number of carbonyl (C=O) groups excluding carboxylic acids is 2. The summed E-state index contributed by atoms with van der Waals surface area (Å²) in [6.45, 7) is 4.95. The minimum Gasteiger partial charge on any atom is -0.383 e. The van der Waals surface area contributed by atoms with E-state index >= 15 is 0 Å². The highest BCUT2D eigenvalue weighted by molar-refractivity contribution is 6.04. The number of nitrogens with one attached hydrogen (secondary N) is 1. The number of nitrogens with zero attached hydrogens (tertiary/aromatic N) is 6. The predicted molar refractivity (Wildman–Crippen MR) is 137 cm³/mol. The first-order chi connectivity index (χ1) is 17.4. The minimum absolute atomic E-state index is 0.0134. The number of aromatic nitrogens is 5. The smallest absolute Gasteiger partial charge is 0.256 e. The maximum Gasteiger partial charge on any atom is 0.256 e. The molecule has 1 aromatic carbocycles. The van der Waals surface area contributed by atoms with Crippen LogP contribution in [0.15, 0.2) is 61.1 Å². The lowest BCUT2D eigenvalue weighted by Gasteiger charge is -2.15. The second-order valence-electron chi connectivity index (χ2n) is 8.73. The van der Waals surface area contributed by atoms with Gasteiger partial charge in [0.25, 0.3) is 5.91 Å². The summed E-state index contributed by atoms with van der Waals surface area (Å²) in [5.41, 5.74) is 9.78. The van der Waals surface area contributed by atoms with Crippen molar-refractivity contribution in [2.24, 2.45) is 0 Å². The van der Waals surface area contributed by atoms with Crippen molar-refractivity contribution in [3.05, 3.63) is 72.2 Å². The number of aryl methyl sites for hydroxylation is 1. The molecule has 1 fully saturated rings. The SMILES string of the molecule is CC=CC(=O)N1CC[C@@H](n2nc(-c3ccc(C(=O)Nc4cc(C)ccn4)cc3)c3c(N)ncnc32)C1. The number of fused-ring (bicyclic) bond motifs is 1. The van der Waals surface area contributed by atoms with Crippen LogP contribution in [0, 0.1) is 6.92 Å². The molecule has 3 aromatic heterocycles. The molecular formula is C26H26N8O2. The Labute approximate surface area is 207 Å². The maximum atomic E-state index is 12.7. The van der Waals surface area contributed by atoms with E-state index in [1.165, 1.54) is 6.33 Å². The molecular weight excluding hydrogens is 456 g/mol. The molecule has 0 saturated carbocycles. The van der Waals surface area contributed by atoms with Crippen LogP contribution in [-0.2, 0) is 4.79 Å². The molecule has 0 aliphatic carbocycles. The number of carbonyl (C=O) groups is 2. The first-order valence-corrected chi connectivity index (χ1v) is 11.7. The van der Waals surface area contributed by atoms with Gasteiger partial charge in [-0.25, -0.2) is 19.6 Å². The highest BCUT2D eigenvalue weighted by Crippen LogP contribution is 2.34. The normalized spacial score (nSPS) is 15.6. The number of hydrogen-bond acceptors (Lipinski definition) is 7. The molecule has 10 nitrogen and oxygen atoms in total. The molecule has 3 N–H and O–H groups in total. The van der Waals surface area contributed by atoms with Crippen molar-refractivity contribution < 1.29 is 9.59 Å². The van der Waals surface area contributed by atoms with Crippen LogP contribution < -0.4 is 11.1 Å². The van der Waals surface area contributed by atoms with Crippen LogP contribution in [-0.4, -0.2) is 54.5 Å².